The summed E-state index contributed by atoms with van der Waals surface area (Å²) in [4.78, 5) is 0. The van der Waals surface area contributed by atoms with E-state index >= 15 is 0 Å². The van der Waals surface area contributed by atoms with Gasteiger partial charge in [0, 0.05) is 0 Å². The molecule has 0 heterocycles. The van der Waals surface area contributed by atoms with Crippen molar-refractivity contribution in [1.82, 2.24) is 0 Å². The fourth-order valence-corrected chi connectivity index (χ4v) is 0. The Balaban J connectivity index is 0. The fourth-order valence-electron chi connectivity index (χ4n) is 0. The van der Waals surface area contributed by atoms with Crippen molar-refractivity contribution < 1.29 is 16.4 Å². The average Bonchev–Trinajstić information content (AvgIpc) is 0. The first-order valence-corrected chi connectivity index (χ1v) is 0. The molecular weight excluding hydrogens is 257 g/mol. The van der Waals surface area contributed by atoms with Gasteiger partial charge < -0.3 is 16.4 Å². The molecule has 0 aromatic rings. The van der Waals surface area contributed by atoms with E-state index in [2.05, 4.69) is 0 Å². The third-order valence-corrected chi connectivity index (χ3v) is 0. The maximum atomic E-state index is 0. The van der Waals surface area contributed by atoms with Crippen LogP contribution in [0.15, 0.2) is 0 Å². The van der Waals surface area contributed by atoms with Gasteiger partial charge in [0.2, 0.25) is 0 Å². The van der Waals surface area contributed by atoms with E-state index in [4.69, 9.17) is 0 Å². The van der Waals surface area contributed by atoms with Crippen LogP contribution in [0.4, 0.5) is 0 Å². The van der Waals surface area contributed by atoms with Gasteiger partial charge in [0.15, 0.2) is 0 Å². The van der Waals surface area contributed by atoms with Crippen molar-refractivity contribution in [3.63, 3.8) is 0 Å². The first kappa shape index (κ1) is 112. The van der Waals surface area contributed by atoms with Crippen LogP contribution >= 0.6 is 0 Å². The molecule has 0 spiro atoms. The van der Waals surface area contributed by atoms with E-state index in [0.29, 0.717) is 0 Å². The van der Waals surface area contributed by atoms with Gasteiger partial charge >= 0.3 is 59.4 Å². The summed E-state index contributed by atoms with van der Waals surface area (Å²) in [6, 6.07) is 0. The Bertz CT molecular complexity index is 6.00. The van der Waals surface area contributed by atoms with Gasteiger partial charge in [0.1, 0.15) is 0 Å². The SMILES string of the molecule is [Ga+3].[Ga+3].[Ga+3].[O-2].[O-2].[O-2]. The van der Waals surface area contributed by atoms with Gasteiger partial charge in [-0.3, -0.25) is 0 Å². The monoisotopic (exact) mass is 255 g/mol. The van der Waals surface area contributed by atoms with E-state index in [9.17, 15) is 0 Å². The first-order valence-electron chi connectivity index (χ1n) is 0. The zero-order valence-corrected chi connectivity index (χ0v) is 10.2. The van der Waals surface area contributed by atoms with Gasteiger partial charge in [-0.2, -0.15) is 0 Å². The standard InChI is InChI=1S/3Ga.3O/q3*+3;3*-2. The zero-order chi connectivity index (χ0) is 0. The second-order valence-electron chi connectivity index (χ2n) is 0. The maximum absolute atomic E-state index is 0. The summed E-state index contributed by atoms with van der Waals surface area (Å²) < 4.78 is 0. The van der Waals surface area contributed by atoms with Crippen molar-refractivity contribution >= 4 is 59.4 Å². The van der Waals surface area contributed by atoms with Crippen LogP contribution < -0.4 is 0 Å². The maximum Gasteiger partial charge on any atom is 3.00 e. The summed E-state index contributed by atoms with van der Waals surface area (Å²) in [5, 5.41) is 0. The minimum atomic E-state index is 0. The predicted molar refractivity (Wildman–Crippen MR) is 19.3 cm³/mol. The minimum Gasteiger partial charge on any atom is -2.00 e. The quantitative estimate of drug-likeness (QED) is 0.473. The first-order chi connectivity index (χ1) is 0. The molecule has 6 heavy (non-hydrogen) atoms. The van der Waals surface area contributed by atoms with Gasteiger partial charge in [0.05, 0.1) is 0 Å². The Labute approximate surface area is 75.3 Å². The Morgan fingerprint density at radius 2 is 0.333 bits per heavy atom. The molecule has 0 aromatic heterocycles. The predicted octanol–water partition coefficient (Wildman–Crippen LogP) is -1.50. The van der Waals surface area contributed by atoms with E-state index in [1.807, 2.05) is 0 Å². The molecule has 0 aliphatic heterocycles. The summed E-state index contributed by atoms with van der Waals surface area (Å²) in [5.74, 6) is 0. The fraction of sp³-hybridized carbons (Fsp3) is 0. The Hall–Kier alpha value is 1.79. The molecule has 0 saturated heterocycles. The molecule has 0 unspecified atom stereocenters. The van der Waals surface area contributed by atoms with Crippen LogP contribution in [0.3, 0.4) is 0 Å². The van der Waals surface area contributed by atoms with Crippen LogP contribution in [-0.4, -0.2) is 59.4 Å². The van der Waals surface area contributed by atoms with Crippen LogP contribution in [0.1, 0.15) is 0 Å². The summed E-state index contributed by atoms with van der Waals surface area (Å²) in [6.45, 7) is 0. The second kappa shape index (κ2) is 71.1. The molecule has 0 fully saturated rings. The van der Waals surface area contributed by atoms with Crippen LogP contribution in [0.2, 0.25) is 0 Å². The van der Waals surface area contributed by atoms with Crippen molar-refractivity contribution in [3.05, 3.63) is 0 Å². The third kappa shape index (κ3) is 41.5. The van der Waals surface area contributed by atoms with E-state index in [-0.39, 0.29) is 75.8 Å². The summed E-state index contributed by atoms with van der Waals surface area (Å²) in [7, 11) is 0. The van der Waals surface area contributed by atoms with Crippen molar-refractivity contribution in [2.45, 2.75) is 0 Å². The van der Waals surface area contributed by atoms with Gasteiger partial charge in [0.25, 0.3) is 0 Å². The summed E-state index contributed by atoms with van der Waals surface area (Å²) in [6.07, 6.45) is 0. The normalized spacial score (nSPS) is 0. The topological polar surface area (TPSA) is 85.5 Å². The van der Waals surface area contributed by atoms with E-state index < -0.39 is 0 Å². The molecular formula is Ga3O3+3. The molecule has 0 aliphatic carbocycles. The molecule has 0 atom stereocenters. The summed E-state index contributed by atoms with van der Waals surface area (Å²) >= 11 is 0. The minimum absolute atomic E-state index is 0. The zero-order valence-electron chi connectivity index (χ0n) is 2.96. The Kier molecular flexibility index (Phi) is 1330. The second-order valence-corrected chi connectivity index (χ2v) is 0. The molecule has 0 saturated carbocycles. The molecule has 0 radical (unpaired) electrons. The molecule has 0 bridgehead atoms. The summed E-state index contributed by atoms with van der Waals surface area (Å²) in [5.41, 5.74) is 0. The molecule has 0 rings (SSSR count). The average molecular weight is 257 g/mol. The van der Waals surface area contributed by atoms with Crippen molar-refractivity contribution in [3.8, 4) is 0 Å². The molecule has 0 aliphatic rings. The number of hydrogen-bond acceptors (Lipinski definition) is 0. The van der Waals surface area contributed by atoms with Crippen LogP contribution in [0, 0.1) is 0 Å². The van der Waals surface area contributed by atoms with E-state index in [1.165, 1.54) is 0 Å². The van der Waals surface area contributed by atoms with Crippen molar-refractivity contribution in [2.24, 2.45) is 0 Å². The third-order valence-electron chi connectivity index (χ3n) is 0. The van der Waals surface area contributed by atoms with Gasteiger partial charge in [-0.15, -0.1) is 0 Å². The number of hydrogen-bond donors (Lipinski definition) is 0. The smallest absolute Gasteiger partial charge is 2.00 e. The van der Waals surface area contributed by atoms with Crippen molar-refractivity contribution in [2.75, 3.05) is 0 Å². The molecule has 0 amide bonds. The van der Waals surface area contributed by atoms with Crippen molar-refractivity contribution in [1.29, 1.82) is 0 Å². The van der Waals surface area contributed by atoms with Crippen LogP contribution in [0.25, 0.3) is 0 Å². The van der Waals surface area contributed by atoms with Crippen LogP contribution in [0.5, 0.6) is 0 Å². The molecule has 6 heteroatoms. The van der Waals surface area contributed by atoms with Gasteiger partial charge in [-0.1, -0.05) is 0 Å². The van der Waals surface area contributed by atoms with Crippen LogP contribution in [-0.2, 0) is 16.4 Å². The molecule has 24 valence electrons. The number of rotatable bonds is 0. The van der Waals surface area contributed by atoms with Gasteiger partial charge in [-0.05, 0) is 0 Å². The largest absolute Gasteiger partial charge is 3.00 e. The van der Waals surface area contributed by atoms with E-state index in [0.717, 1.165) is 0 Å². The van der Waals surface area contributed by atoms with E-state index in [1.54, 1.807) is 0 Å². The Morgan fingerprint density at radius 1 is 0.333 bits per heavy atom. The van der Waals surface area contributed by atoms with Gasteiger partial charge in [-0.25, -0.2) is 0 Å². The molecule has 0 N–H and O–H groups in total. The molecule has 3 nitrogen and oxygen atoms in total. The molecule has 0 aromatic carbocycles. The Morgan fingerprint density at radius 3 is 0.333 bits per heavy atom.